The fraction of sp³-hybridized carbons (Fsp3) is 0. The minimum absolute atomic E-state index is 0.0568. The number of carbonyl (C=O) groups excluding carboxylic acids is 1. The number of carbonyl (C=O) groups is 1. The standard InChI is InChI=1S/C16H12FN3O/c17-12-7-6-11(9-13(12)18)16(21)20-14-5-1-3-10-4-2-8-19-15(10)14/h1-9H,18H2,(H,20,21). The van der Waals surface area contributed by atoms with Gasteiger partial charge in [0.2, 0.25) is 0 Å². The lowest BCUT2D eigenvalue weighted by molar-refractivity contribution is 0.102. The lowest BCUT2D eigenvalue weighted by Gasteiger charge is -2.08. The maximum atomic E-state index is 13.1. The van der Waals surface area contributed by atoms with E-state index >= 15 is 0 Å². The van der Waals surface area contributed by atoms with E-state index in [0.717, 1.165) is 5.39 Å². The molecule has 5 heteroatoms. The second kappa shape index (κ2) is 5.20. The van der Waals surface area contributed by atoms with Crippen LogP contribution in [0.25, 0.3) is 10.9 Å². The number of anilines is 2. The monoisotopic (exact) mass is 281 g/mol. The van der Waals surface area contributed by atoms with Gasteiger partial charge in [0.05, 0.1) is 16.9 Å². The Morgan fingerprint density at radius 1 is 1.14 bits per heavy atom. The Labute approximate surface area is 120 Å². The van der Waals surface area contributed by atoms with Crippen LogP contribution in [-0.2, 0) is 0 Å². The van der Waals surface area contributed by atoms with E-state index in [-0.39, 0.29) is 11.6 Å². The minimum Gasteiger partial charge on any atom is -0.396 e. The molecular weight excluding hydrogens is 269 g/mol. The molecule has 0 aliphatic rings. The lowest BCUT2D eigenvalue weighted by atomic mass is 10.1. The van der Waals surface area contributed by atoms with Gasteiger partial charge in [-0.15, -0.1) is 0 Å². The molecule has 0 aliphatic heterocycles. The van der Waals surface area contributed by atoms with Gasteiger partial charge in [-0.3, -0.25) is 9.78 Å². The molecule has 3 aromatic rings. The van der Waals surface area contributed by atoms with Gasteiger partial charge in [0, 0.05) is 17.1 Å². The van der Waals surface area contributed by atoms with Crippen LogP contribution in [0.15, 0.2) is 54.7 Å². The van der Waals surface area contributed by atoms with Crippen molar-refractivity contribution in [2.24, 2.45) is 0 Å². The molecule has 0 spiro atoms. The summed E-state index contributed by atoms with van der Waals surface area (Å²) in [6, 6.07) is 13.1. The summed E-state index contributed by atoms with van der Waals surface area (Å²) in [5.74, 6) is -0.904. The van der Waals surface area contributed by atoms with E-state index in [4.69, 9.17) is 5.73 Å². The van der Waals surface area contributed by atoms with E-state index in [1.165, 1.54) is 18.2 Å². The molecule has 1 aromatic heterocycles. The summed E-state index contributed by atoms with van der Waals surface area (Å²) in [6.07, 6.45) is 1.66. The number of hydrogen-bond donors (Lipinski definition) is 2. The molecule has 3 rings (SSSR count). The number of aromatic nitrogens is 1. The number of fused-ring (bicyclic) bond motifs is 1. The quantitative estimate of drug-likeness (QED) is 0.709. The summed E-state index contributed by atoms with van der Waals surface area (Å²) in [4.78, 5) is 16.5. The van der Waals surface area contributed by atoms with Gasteiger partial charge in [0.15, 0.2) is 0 Å². The zero-order valence-electron chi connectivity index (χ0n) is 11.0. The molecule has 0 unspecified atom stereocenters. The van der Waals surface area contributed by atoms with Crippen LogP contribution in [-0.4, -0.2) is 10.9 Å². The predicted molar refractivity (Wildman–Crippen MR) is 80.5 cm³/mol. The molecule has 0 saturated carbocycles. The Kier molecular flexibility index (Phi) is 3.23. The van der Waals surface area contributed by atoms with Crippen LogP contribution in [0.4, 0.5) is 15.8 Å². The number of amides is 1. The van der Waals surface area contributed by atoms with Crippen LogP contribution < -0.4 is 11.1 Å². The van der Waals surface area contributed by atoms with Gasteiger partial charge in [0.25, 0.3) is 5.91 Å². The molecule has 0 atom stereocenters. The van der Waals surface area contributed by atoms with Crippen molar-refractivity contribution in [2.45, 2.75) is 0 Å². The van der Waals surface area contributed by atoms with Crippen molar-refractivity contribution >= 4 is 28.2 Å². The third-order valence-electron chi connectivity index (χ3n) is 3.14. The average Bonchev–Trinajstić information content (AvgIpc) is 2.50. The highest BCUT2D eigenvalue weighted by molar-refractivity contribution is 6.08. The second-order valence-electron chi connectivity index (χ2n) is 4.57. The Morgan fingerprint density at radius 3 is 2.76 bits per heavy atom. The van der Waals surface area contributed by atoms with Crippen LogP contribution in [0.5, 0.6) is 0 Å². The average molecular weight is 281 g/mol. The largest absolute Gasteiger partial charge is 0.396 e. The number of hydrogen-bond acceptors (Lipinski definition) is 3. The number of nitrogen functional groups attached to an aromatic ring is 1. The van der Waals surface area contributed by atoms with Crippen LogP contribution in [0.2, 0.25) is 0 Å². The van der Waals surface area contributed by atoms with Crippen LogP contribution in [0.1, 0.15) is 10.4 Å². The molecule has 1 heterocycles. The van der Waals surface area contributed by atoms with Crippen LogP contribution >= 0.6 is 0 Å². The topological polar surface area (TPSA) is 68.0 Å². The maximum Gasteiger partial charge on any atom is 0.255 e. The van der Waals surface area contributed by atoms with Crippen molar-refractivity contribution in [1.82, 2.24) is 4.98 Å². The Balaban J connectivity index is 1.94. The third-order valence-corrected chi connectivity index (χ3v) is 3.14. The molecular formula is C16H12FN3O. The molecule has 0 radical (unpaired) electrons. The fourth-order valence-electron chi connectivity index (χ4n) is 2.08. The van der Waals surface area contributed by atoms with Gasteiger partial charge in [-0.2, -0.15) is 0 Å². The van der Waals surface area contributed by atoms with Gasteiger partial charge in [-0.1, -0.05) is 18.2 Å². The number of halogens is 1. The molecule has 1 amide bonds. The first-order chi connectivity index (χ1) is 10.1. The van der Waals surface area contributed by atoms with E-state index in [0.29, 0.717) is 16.8 Å². The van der Waals surface area contributed by atoms with Gasteiger partial charge < -0.3 is 11.1 Å². The minimum atomic E-state index is -0.543. The summed E-state index contributed by atoms with van der Waals surface area (Å²) in [6.45, 7) is 0. The number of rotatable bonds is 2. The Morgan fingerprint density at radius 2 is 1.95 bits per heavy atom. The predicted octanol–water partition coefficient (Wildman–Crippen LogP) is 3.21. The van der Waals surface area contributed by atoms with E-state index in [1.807, 2.05) is 24.3 Å². The van der Waals surface area contributed by atoms with E-state index in [9.17, 15) is 9.18 Å². The first-order valence-electron chi connectivity index (χ1n) is 6.35. The molecule has 21 heavy (non-hydrogen) atoms. The van der Waals surface area contributed by atoms with Crippen molar-refractivity contribution in [1.29, 1.82) is 0 Å². The lowest BCUT2D eigenvalue weighted by Crippen LogP contribution is -2.13. The molecule has 2 aromatic carbocycles. The Hall–Kier alpha value is -2.95. The number of nitrogens with one attached hydrogen (secondary N) is 1. The number of nitrogens with two attached hydrogens (primary N) is 1. The zero-order valence-corrected chi connectivity index (χ0v) is 11.0. The van der Waals surface area contributed by atoms with Crippen molar-refractivity contribution in [3.8, 4) is 0 Å². The molecule has 0 aliphatic carbocycles. The third kappa shape index (κ3) is 2.53. The number of nitrogens with zero attached hydrogens (tertiary/aromatic N) is 1. The number of pyridine rings is 1. The van der Waals surface area contributed by atoms with E-state index < -0.39 is 5.82 Å². The summed E-state index contributed by atoms with van der Waals surface area (Å²) in [7, 11) is 0. The van der Waals surface area contributed by atoms with Crippen molar-refractivity contribution in [2.75, 3.05) is 11.1 Å². The first kappa shape index (κ1) is 13.1. The highest BCUT2D eigenvalue weighted by Crippen LogP contribution is 2.21. The smallest absolute Gasteiger partial charge is 0.255 e. The molecule has 3 N–H and O–H groups in total. The van der Waals surface area contributed by atoms with Crippen molar-refractivity contribution in [3.63, 3.8) is 0 Å². The first-order valence-corrected chi connectivity index (χ1v) is 6.35. The van der Waals surface area contributed by atoms with Crippen molar-refractivity contribution in [3.05, 3.63) is 66.1 Å². The van der Waals surface area contributed by atoms with Gasteiger partial charge >= 0.3 is 0 Å². The van der Waals surface area contributed by atoms with E-state index in [1.54, 1.807) is 12.3 Å². The van der Waals surface area contributed by atoms with Crippen LogP contribution in [0.3, 0.4) is 0 Å². The summed E-state index contributed by atoms with van der Waals surface area (Å²) in [5.41, 5.74) is 7.01. The molecule has 4 nitrogen and oxygen atoms in total. The Bertz CT molecular complexity index is 827. The molecule has 104 valence electrons. The van der Waals surface area contributed by atoms with Gasteiger partial charge in [-0.05, 0) is 30.3 Å². The molecule has 0 fully saturated rings. The maximum absolute atomic E-state index is 13.1. The number of benzene rings is 2. The zero-order chi connectivity index (χ0) is 14.8. The summed E-state index contributed by atoms with van der Waals surface area (Å²) < 4.78 is 13.1. The van der Waals surface area contributed by atoms with E-state index in [2.05, 4.69) is 10.3 Å². The van der Waals surface area contributed by atoms with Gasteiger partial charge in [0.1, 0.15) is 5.82 Å². The fourth-order valence-corrected chi connectivity index (χ4v) is 2.08. The van der Waals surface area contributed by atoms with Gasteiger partial charge in [-0.25, -0.2) is 4.39 Å². The molecule has 0 bridgehead atoms. The second-order valence-corrected chi connectivity index (χ2v) is 4.57. The number of para-hydroxylation sites is 1. The summed E-state index contributed by atoms with van der Waals surface area (Å²) >= 11 is 0. The normalized spacial score (nSPS) is 10.5. The summed E-state index contributed by atoms with van der Waals surface area (Å²) in [5, 5.41) is 3.69. The SMILES string of the molecule is Nc1cc(C(=O)Nc2cccc3cccnc23)ccc1F. The highest BCUT2D eigenvalue weighted by atomic mass is 19.1. The highest BCUT2D eigenvalue weighted by Gasteiger charge is 2.10. The van der Waals surface area contributed by atoms with Crippen LogP contribution in [0, 0.1) is 5.82 Å². The van der Waals surface area contributed by atoms with Crippen molar-refractivity contribution < 1.29 is 9.18 Å². The molecule has 0 saturated heterocycles.